The van der Waals surface area contributed by atoms with Crippen molar-refractivity contribution in [3.63, 3.8) is 0 Å². The van der Waals surface area contributed by atoms with Crippen LogP contribution in [0.2, 0.25) is 0 Å². The first-order valence-electron chi connectivity index (χ1n) is 3.80. The predicted molar refractivity (Wildman–Crippen MR) is 45.1 cm³/mol. The van der Waals surface area contributed by atoms with Crippen molar-refractivity contribution in [1.82, 2.24) is 5.06 Å². The van der Waals surface area contributed by atoms with Crippen LogP contribution in [0.5, 0.6) is 0 Å². The molecule has 0 spiro atoms. The van der Waals surface area contributed by atoms with Gasteiger partial charge in [-0.25, -0.2) is 9.90 Å². The Morgan fingerprint density at radius 1 is 1.38 bits per heavy atom. The predicted octanol–water partition coefficient (Wildman–Crippen LogP) is 1.60. The van der Waals surface area contributed by atoms with Crippen LogP contribution in [0.25, 0.3) is 0 Å². The number of amides is 1. The average Bonchev–Trinajstić information content (AvgIpc) is 2.15. The summed E-state index contributed by atoms with van der Waals surface area (Å²) in [5.41, 5.74) is 0.855. The minimum atomic E-state index is -1.34. The lowest BCUT2D eigenvalue weighted by Gasteiger charge is -2.13. The Morgan fingerprint density at radius 3 is 2.46 bits per heavy atom. The maximum absolute atomic E-state index is 10.4. The van der Waals surface area contributed by atoms with Gasteiger partial charge in [-0.1, -0.05) is 30.3 Å². The maximum Gasteiger partial charge on any atom is 0.476 e. The lowest BCUT2D eigenvalue weighted by atomic mass is 10.2. The fraction of sp³-hybridized carbons (Fsp3) is 0.222. The molecule has 0 aliphatic carbocycles. The van der Waals surface area contributed by atoms with Crippen LogP contribution in [0.4, 0.5) is 4.79 Å². The van der Waals surface area contributed by atoms with Crippen LogP contribution in [0, 0.1) is 0 Å². The van der Waals surface area contributed by atoms with Crippen molar-refractivity contribution in [1.29, 1.82) is 0 Å². The van der Waals surface area contributed by atoms with Crippen molar-refractivity contribution in [3.05, 3.63) is 35.9 Å². The quantitative estimate of drug-likeness (QED) is 0.663. The largest absolute Gasteiger partial charge is 0.476 e. The minimum absolute atomic E-state index is 0.180. The molecule has 0 atom stereocenters. The normalized spacial score (nSPS) is 9.62. The highest BCUT2D eigenvalue weighted by molar-refractivity contribution is 5.63. The van der Waals surface area contributed by atoms with Gasteiger partial charge in [0.1, 0.15) is 0 Å². The Balaban J connectivity index is 2.62. The van der Waals surface area contributed by atoms with Crippen molar-refractivity contribution >= 4 is 6.09 Å². The van der Waals surface area contributed by atoms with Gasteiger partial charge in [0.25, 0.3) is 0 Å². The molecule has 4 heteroatoms. The van der Waals surface area contributed by atoms with Gasteiger partial charge in [0.05, 0.1) is 13.7 Å². The summed E-state index contributed by atoms with van der Waals surface area (Å²) in [6.07, 6.45) is -1.34. The second-order valence-corrected chi connectivity index (χ2v) is 2.47. The molecule has 1 amide bonds. The highest BCUT2D eigenvalue weighted by atomic mass is 16.7. The molecule has 4 nitrogen and oxygen atoms in total. The van der Waals surface area contributed by atoms with Crippen molar-refractivity contribution in [2.24, 2.45) is 0 Å². The molecule has 1 rings (SSSR count). The number of rotatable bonds is 3. The first-order chi connectivity index (χ1) is 6.24. The molecule has 1 aromatic carbocycles. The molecule has 1 radical (unpaired) electrons. The standard InChI is InChI=1S/C9H10NO3/c1-13-10(9(11)12)7-8-5-3-2-4-6-8/h2-6H,7H2,1H3. The summed E-state index contributed by atoms with van der Waals surface area (Å²) in [4.78, 5) is 15.0. The number of carbonyl (C=O) groups is 1. The molecule has 0 aromatic heterocycles. The number of hydroxylamine groups is 2. The van der Waals surface area contributed by atoms with E-state index in [0.717, 1.165) is 10.6 Å². The van der Waals surface area contributed by atoms with Crippen molar-refractivity contribution in [2.75, 3.05) is 7.11 Å². The summed E-state index contributed by atoms with van der Waals surface area (Å²) in [7, 11) is 1.29. The molecule has 0 heterocycles. The average molecular weight is 180 g/mol. The van der Waals surface area contributed by atoms with E-state index in [1.54, 1.807) is 0 Å². The van der Waals surface area contributed by atoms with Crippen molar-refractivity contribution < 1.29 is 14.7 Å². The first kappa shape index (κ1) is 9.54. The van der Waals surface area contributed by atoms with Gasteiger partial charge in [0.15, 0.2) is 0 Å². The molecule has 0 unspecified atom stereocenters. The van der Waals surface area contributed by atoms with Gasteiger partial charge in [-0.2, -0.15) is 5.06 Å². The van der Waals surface area contributed by atoms with Crippen LogP contribution in [0.15, 0.2) is 30.3 Å². The van der Waals surface area contributed by atoms with E-state index in [1.807, 2.05) is 30.3 Å². The topological polar surface area (TPSA) is 49.4 Å². The van der Waals surface area contributed by atoms with Gasteiger partial charge < -0.3 is 0 Å². The van der Waals surface area contributed by atoms with E-state index >= 15 is 0 Å². The van der Waals surface area contributed by atoms with E-state index in [-0.39, 0.29) is 6.54 Å². The maximum atomic E-state index is 10.4. The molecule has 0 aliphatic rings. The molecule has 0 aliphatic heterocycles. The van der Waals surface area contributed by atoms with Crippen molar-refractivity contribution in [3.8, 4) is 0 Å². The second kappa shape index (κ2) is 4.47. The third-order valence-corrected chi connectivity index (χ3v) is 1.59. The lowest BCUT2D eigenvalue weighted by Crippen LogP contribution is -2.26. The van der Waals surface area contributed by atoms with Crippen LogP contribution < -0.4 is 0 Å². The zero-order chi connectivity index (χ0) is 9.68. The Labute approximate surface area is 76.3 Å². The molecule has 0 saturated carbocycles. The van der Waals surface area contributed by atoms with E-state index in [4.69, 9.17) is 0 Å². The molecule has 0 saturated heterocycles. The zero-order valence-corrected chi connectivity index (χ0v) is 7.27. The van der Waals surface area contributed by atoms with Crippen LogP contribution in [-0.2, 0) is 16.5 Å². The summed E-state index contributed by atoms with van der Waals surface area (Å²) >= 11 is 0. The van der Waals surface area contributed by atoms with Gasteiger partial charge in [0, 0.05) is 0 Å². The Bertz CT molecular complexity index is 273. The number of carbonyl (C=O) groups excluding carboxylic acids is 1. The summed E-state index contributed by atoms with van der Waals surface area (Å²) < 4.78 is 0. The second-order valence-electron chi connectivity index (χ2n) is 2.47. The monoisotopic (exact) mass is 180 g/mol. The van der Waals surface area contributed by atoms with Crippen LogP contribution in [0.1, 0.15) is 5.56 Å². The first-order valence-corrected chi connectivity index (χ1v) is 3.80. The van der Waals surface area contributed by atoms with Gasteiger partial charge in [-0.05, 0) is 5.56 Å². The molecular weight excluding hydrogens is 170 g/mol. The van der Waals surface area contributed by atoms with E-state index in [2.05, 4.69) is 4.84 Å². The highest BCUT2D eigenvalue weighted by Gasteiger charge is 2.12. The van der Waals surface area contributed by atoms with E-state index in [1.165, 1.54) is 7.11 Å². The van der Waals surface area contributed by atoms with Gasteiger partial charge in [-0.3, -0.25) is 4.84 Å². The smallest absolute Gasteiger partial charge is 0.271 e. The van der Waals surface area contributed by atoms with E-state index in [0.29, 0.717) is 0 Å². The highest BCUT2D eigenvalue weighted by Crippen LogP contribution is 2.04. The Hall–Kier alpha value is -1.55. The number of benzene rings is 1. The summed E-state index contributed by atoms with van der Waals surface area (Å²) in [6.45, 7) is 0.180. The molecule has 1 aromatic rings. The fourth-order valence-corrected chi connectivity index (χ4v) is 0.953. The molecule has 0 bridgehead atoms. The third kappa shape index (κ3) is 2.76. The lowest BCUT2D eigenvalue weighted by molar-refractivity contribution is -0.115. The fourth-order valence-electron chi connectivity index (χ4n) is 0.953. The van der Waals surface area contributed by atoms with Gasteiger partial charge >= 0.3 is 6.09 Å². The van der Waals surface area contributed by atoms with Gasteiger partial charge in [0.2, 0.25) is 0 Å². The minimum Gasteiger partial charge on any atom is -0.271 e. The molecule has 69 valence electrons. The molecule has 0 fully saturated rings. The molecule has 13 heavy (non-hydrogen) atoms. The summed E-state index contributed by atoms with van der Waals surface area (Å²) in [5.74, 6) is 0. The summed E-state index contributed by atoms with van der Waals surface area (Å²) in [5, 5.41) is 11.2. The zero-order valence-electron chi connectivity index (χ0n) is 7.27. The number of nitrogens with zero attached hydrogens (tertiary/aromatic N) is 1. The van der Waals surface area contributed by atoms with Gasteiger partial charge in [-0.15, -0.1) is 0 Å². The Morgan fingerprint density at radius 2 is 2.00 bits per heavy atom. The third-order valence-electron chi connectivity index (χ3n) is 1.59. The number of hydrogen-bond acceptors (Lipinski definition) is 2. The SMILES string of the molecule is CON(Cc1ccccc1)C([O])=O. The Kier molecular flexibility index (Phi) is 3.28. The van der Waals surface area contributed by atoms with Crippen LogP contribution in [-0.4, -0.2) is 18.3 Å². The number of hydrogen-bond donors (Lipinski definition) is 0. The van der Waals surface area contributed by atoms with Crippen molar-refractivity contribution in [2.45, 2.75) is 6.54 Å². The van der Waals surface area contributed by atoms with Crippen LogP contribution in [0.3, 0.4) is 0 Å². The van der Waals surface area contributed by atoms with Crippen LogP contribution >= 0.6 is 0 Å². The molecular formula is C9H10NO3. The van der Waals surface area contributed by atoms with E-state index in [9.17, 15) is 9.90 Å². The summed E-state index contributed by atoms with van der Waals surface area (Å²) in [6, 6.07) is 9.15. The van der Waals surface area contributed by atoms with E-state index < -0.39 is 6.09 Å². The molecule has 0 N–H and O–H groups in total.